The van der Waals surface area contributed by atoms with Crippen LogP contribution in [-0.4, -0.2) is 13.0 Å². The third-order valence-corrected chi connectivity index (χ3v) is 5.36. The summed E-state index contributed by atoms with van der Waals surface area (Å²) >= 11 is 7.60. The Kier molecular flexibility index (Phi) is 6.80. The Morgan fingerprint density at radius 1 is 1.04 bits per heavy atom. The predicted octanol–water partition coefficient (Wildman–Crippen LogP) is 5.57. The van der Waals surface area contributed by atoms with Crippen molar-refractivity contribution in [3.63, 3.8) is 0 Å². The molecular weight excluding hydrogens is 378 g/mol. The van der Waals surface area contributed by atoms with E-state index in [0.717, 1.165) is 22.6 Å². The first-order chi connectivity index (χ1) is 13.2. The minimum atomic E-state index is -0.112. The van der Waals surface area contributed by atoms with Crippen LogP contribution >= 0.6 is 23.4 Å². The minimum absolute atomic E-state index is 0.112. The number of thioether (sulfide) groups is 1. The van der Waals surface area contributed by atoms with Crippen molar-refractivity contribution in [1.29, 1.82) is 0 Å². The number of benzene rings is 3. The molecule has 3 rings (SSSR count). The molecule has 0 bridgehead atoms. The smallest absolute Gasteiger partial charge is 0.251 e. The van der Waals surface area contributed by atoms with Crippen molar-refractivity contribution in [2.24, 2.45) is 0 Å². The summed E-state index contributed by atoms with van der Waals surface area (Å²) in [6.07, 6.45) is 0. The third kappa shape index (κ3) is 5.52. The molecule has 0 aromatic heterocycles. The first-order valence-electron chi connectivity index (χ1n) is 8.53. The summed E-state index contributed by atoms with van der Waals surface area (Å²) in [6, 6.07) is 23.1. The van der Waals surface area contributed by atoms with Gasteiger partial charge < -0.3 is 10.1 Å². The van der Waals surface area contributed by atoms with E-state index in [-0.39, 0.29) is 5.91 Å². The second-order valence-corrected chi connectivity index (χ2v) is 7.42. The van der Waals surface area contributed by atoms with Gasteiger partial charge in [-0.3, -0.25) is 4.79 Å². The molecule has 0 radical (unpaired) electrons. The molecule has 0 aliphatic heterocycles. The largest absolute Gasteiger partial charge is 0.496 e. The molecule has 1 amide bonds. The van der Waals surface area contributed by atoms with Gasteiger partial charge in [0.1, 0.15) is 5.75 Å². The van der Waals surface area contributed by atoms with Crippen LogP contribution in [0, 0.1) is 0 Å². The average Bonchev–Trinajstić information content (AvgIpc) is 2.72. The molecule has 0 spiro atoms. The summed E-state index contributed by atoms with van der Waals surface area (Å²) < 4.78 is 5.45. The summed E-state index contributed by atoms with van der Waals surface area (Å²) in [5.74, 6) is 1.40. The fraction of sp³-hybridized carbons (Fsp3) is 0.136. The van der Waals surface area contributed by atoms with Gasteiger partial charge in [-0.1, -0.05) is 41.9 Å². The normalized spacial score (nSPS) is 10.4. The molecule has 27 heavy (non-hydrogen) atoms. The van der Waals surface area contributed by atoms with Gasteiger partial charge in [-0.25, -0.2) is 0 Å². The Hall–Kier alpha value is -2.43. The molecule has 0 saturated carbocycles. The van der Waals surface area contributed by atoms with Crippen molar-refractivity contribution in [2.45, 2.75) is 17.2 Å². The van der Waals surface area contributed by atoms with Gasteiger partial charge in [-0.05, 0) is 48.0 Å². The summed E-state index contributed by atoms with van der Waals surface area (Å²) in [6.45, 7) is 0.454. The molecule has 0 saturated heterocycles. The molecule has 3 nitrogen and oxygen atoms in total. The molecule has 138 valence electrons. The van der Waals surface area contributed by atoms with Crippen LogP contribution in [0.25, 0.3) is 0 Å². The summed E-state index contributed by atoms with van der Waals surface area (Å²) in [4.78, 5) is 13.7. The maximum atomic E-state index is 12.5. The van der Waals surface area contributed by atoms with Crippen LogP contribution in [0.15, 0.2) is 77.7 Å². The zero-order valence-electron chi connectivity index (χ0n) is 14.9. The lowest BCUT2D eigenvalue weighted by atomic mass is 10.1. The number of ether oxygens (including phenoxy) is 1. The zero-order valence-corrected chi connectivity index (χ0v) is 16.5. The first kappa shape index (κ1) is 19.3. The SMILES string of the molecule is COc1ccc(C(=O)NCc2ccc(Cl)cc2)cc1CSc1ccccc1. The van der Waals surface area contributed by atoms with Gasteiger partial charge >= 0.3 is 0 Å². The summed E-state index contributed by atoms with van der Waals surface area (Å²) in [5.41, 5.74) is 2.61. The fourth-order valence-electron chi connectivity index (χ4n) is 2.60. The molecule has 0 aliphatic rings. The number of nitrogens with one attached hydrogen (secondary N) is 1. The van der Waals surface area contributed by atoms with Gasteiger partial charge in [-0.2, -0.15) is 0 Å². The van der Waals surface area contributed by atoms with Gasteiger partial charge in [-0.15, -0.1) is 11.8 Å². The van der Waals surface area contributed by atoms with Gasteiger partial charge in [0.05, 0.1) is 7.11 Å². The average molecular weight is 398 g/mol. The van der Waals surface area contributed by atoms with Crippen LogP contribution in [0.1, 0.15) is 21.5 Å². The maximum absolute atomic E-state index is 12.5. The molecule has 0 unspecified atom stereocenters. The summed E-state index contributed by atoms with van der Waals surface area (Å²) in [5, 5.41) is 3.62. The molecule has 0 fully saturated rings. The van der Waals surface area contributed by atoms with E-state index in [1.165, 1.54) is 4.90 Å². The van der Waals surface area contributed by atoms with E-state index in [1.54, 1.807) is 24.9 Å². The van der Waals surface area contributed by atoms with E-state index in [1.807, 2.05) is 54.6 Å². The van der Waals surface area contributed by atoms with Gasteiger partial charge in [0.2, 0.25) is 0 Å². The van der Waals surface area contributed by atoms with E-state index in [2.05, 4.69) is 17.4 Å². The monoisotopic (exact) mass is 397 g/mol. The number of halogens is 1. The highest BCUT2D eigenvalue weighted by atomic mass is 35.5. The van der Waals surface area contributed by atoms with Crippen molar-refractivity contribution >= 4 is 29.3 Å². The van der Waals surface area contributed by atoms with E-state index in [0.29, 0.717) is 17.1 Å². The highest BCUT2D eigenvalue weighted by Gasteiger charge is 2.11. The van der Waals surface area contributed by atoms with E-state index in [4.69, 9.17) is 16.3 Å². The molecule has 0 atom stereocenters. The lowest BCUT2D eigenvalue weighted by molar-refractivity contribution is 0.0951. The second-order valence-electron chi connectivity index (χ2n) is 5.94. The number of carbonyl (C=O) groups excluding carboxylic acids is 1. The quantitative estimate of drug-likeness (QED) is 0.529. The lowest BCUT2D eigenvalue weighted by Gasteiger charge is -2.11. The predicted molar refractivity (Wildman–Crippen MR) is 112 cm³/mol. The van der Waals surface area contributed by atoms with Crippen LogP contribution in [0.3, 0.4) is 0 Å². The van der Waals surface area contributed by atoms with Crippen molar-refractivity contribution in [1.82, 2.24) is 5.32 Å². The van der Waals surface area contributed by atoms with E-state index >= 15 is 0 Å². The van der Waals surface area contributed by atoms with Crippen molar-refractivity contribution < 1.29 is 9.53 Å². The Balaban J connectivity index is 1.67. The van der Waals surface area contributed by atoms with Crippen molar-refractivity contribution in [3.05, 3.63) is 94.5 Å². The van der Waals surface area contributed by atoms with Gasteiger partial charge in [0.15, 0.2) is 0 Å². The highest BCUT2D eigenvalue weighted by molar-refractivity contribution is 7.98. The Morgan fingerprint density at radius 3 is 2.48 bits per heavy atom. The number of hydrogen-bond acceptors (Lipinski definition) is 3. The number of rotatable bonds is 7. The fourth-order valence-corrected chi connectivity index (χ4v) is 3.62. The van der Waals surface area contributed by atoms with Gasteiger partial charge in [0.25, 0.3) is 5.91 Å². The Morgan fingerprint density at radius 2 is 1.78 bits per heavy atom. The van der Waals surface area contributed by atoms with E-state index < -0.39 is 0 Å². The Bertz CT molecular complexity index is 898. The number of hydrogen-bond donors (Lipinski definition) is 1. The number of methoxy groups -OCH3 is 1. The molecule has 1 N–H and O–H groups in total. The standard InChI is InChI=1S/C22H20ClNO2S/c1-26-21-12-9-17(13-18(21)15-27-20-5-3-2-4-6-20)22(25)24-14-16-7-10-19(23)11-8-16/h2-13H,14-15H2,1H3,(H,24,25). The van der Waals surface area contributed by atoms with Crippen molar-refractivity contribution in [2.75, 3.05) is 7.11 Å². The van der Waals surface area contributed by atoms with Crippen LogP contribution in [0.4, 0.5) is 0 Å². The highest BCUT2D eigenvalue weighted by Crippen LogP contribution is 2.28. The molecule has 3 aromatic rings. The Labute approximate surface area is 168 Å². The van der Waals surface area contributed by atoms with Gasteiger partial charge in [0, 0.05) is 33.3 Å². The number of amides is 1. The maximum Gasteiger partial charge on any atom is 0.251 e. The number of carbonyl (C=O) groups is 1. The lowest BCUT2D eigenvalue weighted by Crippen LogP contribution is -2.22. The van der Waals surface area contributed by atoms with Crippen LogP contribution in [0.2, 0.25) is 5.02 Å². The van der Waals surface area contributed by atoms with Crippen LogP contribution in [-0.2, 0) is 12.3 Å². The molecule has 0 heterocycles. The van der Waals surface area contributed by atoms with Crippen molar-refractivity contribution in [3.8, 4) is 5.75 Å². The topological polar surface area (TPSA) is 38.3 Å². The zero-order chi connectivity index (χ0) is 19.1. The molecule has 3 aromatic carbocycles. The van der Waals surface area contributed by atoms with Crippen LogP contribution in [0.5, 0.6) is 5.75 Å². The third-order valence-electron chi connectivity index (χ3n) is 4.05. The molecular formula is C22H20ClNO2S. The molecule has 5 heteroatoms. The van der Waals surface area contributed by atoms with Crippen LogP contribution < -0.4 is 10.1 Å². The molecule has 0 aliphatic carbocycles. The minimum Gasteiger partial charge on any atom is -0.496 e. The van der Waals surface area contributed by atoms with E-state index in [9.17, 15) is 4.79 Å². The first-order valence-corrected chi connectivity index (χ1v) is 9.89. The second kappa shape index (κ2) is 9.49. The summed E-state index contributed by atoms with van der Waals surface area (Å²) in [7, 11) is 1.65.